The molecule has 0 heterocycles. The van der Waals surface area contributed by atoms with Gasteiger partial charge in [-0.25, -0.2) is 13.6 Å². The third-order valence-electron chi connectivity index (χ3n) is 4.02. The van der Waals surface area contributed by atoms with Crippen molar-refractivity contribution in [3.05, 3.63) is 53.1 Å². The molecule has 27 heavy (non-hydrogen) atoms. The van der Waals surface area contributed by atoms with E-state index in [4.69, 9.17) is 9.88 Å². The average Bonchev–Trinajstić information content (AvgIpc) is 2.62. The van der Waals surface area contributed by atoms with Crippen molar-refractivity contribution in [3.8, 4) is 5.75 Å². The van der Waals surface area contributed by atoms with E-state index in [9.17, 15) is 18.0 Å². The Kier molecular flexibility index (Phi) is 6.19. The minimum Gasteiger partial charge on any atom is -0.495 e. The standard InChI is InChI=1S/C18H21N3O5S/c1-11-5-4-6-14(12(11)2)21-17(22)10-20-18(23)13-7-8-15(26-3)16(9-13)27(19,24)25/h4-9H,10H2,1-3H3,(H,20,23)(H,21,22)(H2,19,24,25). The second kappa shape index (κ2) is 8.19. The molecule has 0 atom stereocenters. The van der Waals surface area contributed by atoms with E-state index < -0.39 is 21.8 Å². The number of primary sulfonamides is 1. The maximum Gasteiger partial charge on any atom is 0.251 e. The molecule has 0 aliphatic heterocycles. The van der Waals surface area contributed by atoms with Crippen LogP contribution < -0.4 is 20.5 Å². The van der Waals surface area contributed by atoms with Crippen molar-refractivity contribution in [1.82, 2.24) is 5.32 Å². The first-order valence-corrected chi connectivity index (χ1v) is 9.53. The van der Waals surface area contributed by atoms with Crippen LogP contribution in [-0.4, -0.2) is 33.9 Å². The molecule has 0 bridgehead atoms. The fourth-order valence-electron chi connectivity index (χ4n) is 2.38. The van der Waals surface area contributed by atoms with Gasteiger partial charge < -0.3 is 15.4 Å². The summed E-state index contributed by atoms with van der Waals surface area (Å²) in [6, 6.07) is 9.33. The molecule has 2 aromatic rings. The number of ether oxygens (including phenoxy) is 1. The van der Waals surface area contributed by atoms with Gasteiger partial charge in [0.1, 0.15) is 10.6 Å². The summed E-state index contributed by atoms with van der Waals surface area (Å²) in [5.41, 5.74) is 2.67. The number of carbonyl (C=O) groups is 2. The lowest BCUT2D eigenvalue weighted by molar-refractivity contribution is -0.115. The molecule has 0 aliphatic carbocycles. The summed E-state index contributed by atoms with van der Waals surface area (Å²) in [4.78, 5) is 24.0. The van der Waals surface area contributed by atoms with Crippen molar-refractivity contribution in [2.75, 3.05) is 19.0 Å². The van der Waals surface area contributed by atoms with Gasteiger partial charge in [0.25, 0.3) is 5.91 Å². The van der Waals surface area contributed by atoms with E-state index >= 15 is 0 Å². The zero-order chi connectivity index (χ0) is 20.2. The molecule has 4 N–H and O–H groups in total. The monoisotopic (exact) mass is 391 g/mol. The molecule has 0 saturated carbocycles. The van der Waals surface area contributed by atoms with Gasteiger partial charge in [-0.15, -0.1) is 0 Å². The van der Waals surface area contributed by atoms with Crippen LogP contribution in [0.4, 0.5) is 5.69 Å². The molecule has 0 radical (unpaired) electrons. The minimum atomic E-state index is -4.07. The van der Waals surface area contributed by atoms with Crippen LogP contribution in [0.15, 0.2) is 41.3 Å². The predicted octanol–water partition coefficient (Wildman–Crippen LogP) is 1.33. The molecule has 0 unspecified atom stereocenters. The van der Waals surface area contributed by atoms with Crippen LogP contribution in [0.1, 0.15) is 21.5 Å². The number of rotatable bonds is 6. The largest absolute Gasteiger partial charge is 0.495 e. The quantitative estimate of drug-likeness (QED) is 0.684. The van der Waals surface area contributed by atoms with Gasteiger partial charge in [0.05, 0.1) is 13.7 Å². The smallest absolute Gasteiger partial charge is 0.251 e. The van der Waals surface area contributed by atoms with E-state index in [0.29, 0.717) is 5.69 Å². The molecular formula is C18H21N3O5S. The number of nitrogens with two attached hydrogens (primary N) is 1. The van der Waals surface area contributed by atoms with Crippen LogP contribution in [0.3, 0.4) is 0 Å². The first kappa shape index (κ1) is 20.4. The van der Waals surface area contributed by atoms with Crippen LogP contribution in [0, 0.1) is 13.8 Å². The lowest BCUT2D eigenvalue weighted by Gasteiger charge is -2.12. The number of hydrogen-bond acceptors (Lipinski definition) is 5. The Balaban J connectivity index is 2.07. The van der Waals surface area contributed by atoms with E-state index in [-0.39, 0.29) is 22.8 Å². The van der Waals surface area contributed by atoms with Gasteiger partial charge >= 0.3 is 0 Å². The first-order chi connectivity index (χ1) is 12.6. The van der Waals surface area contributed by atoms with E-state index in [2.05, 4.69) is 10.6 Å². The van der Waals surface area contributed by atoms with Gasteiger partial charge in [-0.05, 0) is 49.2 Å². The lowest BCUT2D eigenvalue weighted by Crippen LogP contribution is -2.33. The van der Waals surface area contributed by atoms with Crippen molar-refractivity contribution in [3.63, 3.8) is 0 Å². The molecule has 2 aromatic carbocycles. The van der Waals surface area contributed by atoms with Crippen LogP contribution >= 0.6 is 0 Å². The Bertz CT molecular complexity index is 986. The molecule has 144 valence electrons. The van der Waals surface area contributed by atoms with E-state index in [0.717, 1.165) is 17.2 Å². The topological polar surface area (TPSA) is 128 Å². The van der Waals surface area contributed by atoms with Crippen LogP contribution in [0.25, 0.3) is 0 Å². The third-order valence-corrected chi connectivity index (χ3v) is 4.95. The molecule has 0 aromatic heterocycles. The number of nitrogens with one attached hydrogen (secondary N) is 2. The minimum absolute atomic E-state index is 0.0294. The van der Waals surface area contributed by atoms with Gasteiger partial charge in [0.2, 0.25) is 15.9 Å². The van der Waals surface area contributed by atoms with Gasteiger partial charge in [-0.2, -0.15) is 0 Å². The number of benzene rings is 2. The fourth-order valence-corrected chi connectivity index (χ4v) is 3.11. The summed E-state index contributed by atoms with van der Waals surface area (Å²) in [7, 11) is -2.77. The number of amides is 2. The summed E-state index contributed by atoms with van der Waals surface area (Å²) in [5.74, 6) is -0.988. The molecule has 0 aliphatic rings. The van der Waals surface area contributed by atoms with Gasteiger partial charge in [0, 0.05) is 11.3 Å². The van der Waals surface area contributed by atoms with Crippen LogP contribution in [0.5, 0.6) is 5.75 Å². The van der Waals surface area contributed by atoms with Crippen molar-refractivity contribution in [1.29, 1.82) is 0 Å². The van der Waals surface area contributed by atoms with E-state index in [1.165, 1.54) is 19.2 Å². The SMILES string of the molecule is COc1ccc(C(=O)NCC(=O)Nc2cccc(C)c2C)cc1S(N)(=O)=O. The molecule has 0 saturated heterocycles. The summed E-state index contributed by atoms with van der Waals surface area (Å²) in [5, 5.41) is 10.3. The number of aryl methyl sites for hydroxylation is 1. The zero-order valence-corrected chi connectivity index (χ0v) is 16.0. The predicted molar refractivity (Wildman–Crippen MR) is 101 cm³/mol. The number of carbonyl (C=O) groups excluding carboxylic acids is 2. The van der Waals surface area contributed by atoms with Gasteiger partial charge in [0.15, 0.2) is 0 Å². The van der Waals surface area contributed by atoms with Crippen LogP contribution in [-0.2, 0) is 14.8 Å². The highest BCUT2D eigenvalue weighted by atomic mass is 32.2. The molecule has 0 fully saturated rings. The Hall–Kier alpha value is -2.91. The summed E-state index contributed by atoms with van der Waals surface area (Å²) in [6.07, 6.45) is 0. The second-order valence-corrected chi connectivity index (χ2v) is 7.42. The third kappa shape index (κ3) is 5.05. The Morgan fingerprint density at radius 3 is 2.48 bits per heavy atom. The molecule has 2 rings (SSSR count). The summed E-state index contributed by atoms with van der Waals surface area (Å²) >= 11 is 0. The Morgan fingerprint density at radius 1 is 1.15 bits per heavy atom. The zero-order valence-electron chi connectivity index (χ0n) is 15.2. The molecule has 8 nitrogen and oxygen atoms in total. The van der Waals surface area contributed by atoms with Crippen molar-refractivity contribution < 1.29 is 22.7 Å². The summed E-state index contributed by atoms with van der Waals surface area (Å²) in [6.45, 7) is 3.54. The maximum atomic E-state index is 12.2. The lowest BCUT2D eigenvalue weighted by atomic mass is 10.1. The molecule has 9 heteroatoms. The number of sulfonamides is 1. The average molecular weight is 391 g/mol. The van der Waals surface area contributed by atoms with Gasteiger partial charge in [-0.1, -0.05) is 12.1 Å². The second-order valence-electron chi connectivity index (χ2n) is 5.89. The Morgan fingerprint density at radius 2 is 1.85 bits per heavy atom. The highest BCUT2D eigenvalue weighted by molar-refractivity contribution is 7.89. The maximum absolute atomic E-state index is 12.2. The number of hydrogen-bond donors (Lipinski definition) is 3. The van der Waals surface area contributed by atoms with Crippen LogP contribution in [0.2, 0.25) is 0 Å². The van der Waals surface area contributed by atoms with Crippen molar-refractivity contribution in [2.45, 2.75) is 18.7 Å². The fraction of sp³-hybridized carbons (Fsp3) is 0.222. The van der Waals surface area contributed by atoms with E-state index in [1.807, 2.05) is 26.0 Å². The first-order valence-electron chi connectivity index (χ1n) is 7.98. The Labute approximate surface area is 157 Å². The van der Waals surface area contributed by atoms with Gasteiger partial charge in [-0.3, -0.25) is 9.59 Å². The van der Waals surface area contributed by atoms with E-state index in [1.54, 1.807) is 6.07 Å². The normalized spacial score (nSPS) is 11.0. The summed E-state index contributed by atoms with van der Waals surface area (Å²) < 4.78 is 28.2. The molecular weight excluding hydrogens is 370 g/mol. The van der Waals surface area contributed by atoms with Crippen molar-refractivity contribution >= 4 is 27.5 Å². The number of methoxy groups -OCH3 is 1. The molecule has 2 amide bonds. The van der Waals surface area contributed by atoms with Crippen molar-refractivity contribution in [2.24, 2.45) is 5.14 Å². The highest BCUT2D eigenvalue weighted by Gasteiger charge is 2.18. The molecule has 0 spiro atoms. The number of anilines is 1. The highest BCUT2D eigenvalue weighted by Crippen LogP contribution is 2.23.